The molecule has 3 nitrogen and oxygen atoms in total. The molecule has 0 bridgehead atoms. The van der Waals surface area contributed by atoms with Crippen molar-refractivity contribution in [3.63, 3.8) is 0 Å². The molecule has 4 heteroatoms. The van der Waals surface area contributed by atoms with Crippen LogP contribution >= 0.6 is 11.3 Å². The summed E-state index contributed by atoms with van der Waals surface area (Å²) in [5.41, 5.74) is 2.25. The van der Waals surface area contributed by atoms with E-state index in [-0.39, 0.29) is 5.91 Å². The summed E-state index contributed by atoms with van der Waals surface area (Å²) in [7, 11) is 1.42. The van der Waals surface area contributed by atoms with E-state index in [0.717, 1.165) is 4.88 Å². The predicted molar refractivity (Wildman–Crippen MR) is 43.2 cm³/mol. The summed E-state index contributed by atoms with van der Waals surface area (Å²) in [6, 6.07) is 3.83. The van der Waals surface area contributed by atoms with Crippen molar-refractivity contribution >= 4 is 17.2 Å². The molecule has 0 saturated carbocycles. The van der Waals surface area contributed by atoms with Crippen molar-refractivity contribution in [3.05, 3.63) is 22.4 Å². The van der Waals surface area contributed by atoms with Gasteiger partial charge in [-0.2, -0.15) is 0 Å². The number of rotatable bonds is 3. The van der Waals surface area contributed by atoms with Gasteiger partial charge in [0.05, 0.1) is 13.5 Å². The predicted octanol–water partition coefficient (Wildman–Crippen LogP) is 0.968. The van der Waals surface area contributed by atoms with Crippen LogP contribution in [0, 0.1) is 0 Å². The Morgan fingerprint density at radius 2 is 2.64 bits per heavy atom. The first kappa shape index (κ1) is 8.23. The third-order valence-electron chi connectivity index (χ3n) is 1.13. The monoisotopic (exact) mass is 171 g/mol. The van der Waals surface area contributed by atoms with E-state index in [4.69, 9.17) is 0 Å². The van der Waals surface area contributed by atoms with E-state index in [1.165, 1.54) is 7.11 Å². The average molecular weight is 171 g/mol. The Bertz CT molecular complexity index is 220. The van der Waals surface area contributed by atoms with Gasteiger partial charge in [-0.15, -0.1) is 11.3 Å². The van der Waals surface area contributed by atoms with Crippen LogP contribution in [0.15, 0.2) is 17.5 Å². The first-order valence-electron chi connectivity index (χ1n) is 3.17. The second-order valence-electron chi connectivity index (χ2n) is 1.99. The maximum Gasteiger partial charge on any atom is 0.248 e. The zero-order valence-electron chi connectivity index (χ0n) is 6.16. The highest BCUT2D eigenvalue weighted by molar-refractivity contribution is 7.10. The Kier molecular flexibility index (Phi) is 3.07. The SMILES string of the molecule is CONC(=O)Cc1cccs1. The summed E-state index contributed by atoms with van der Waals surface area (Å²) in [4.78, 5) is 16.4. The molecule has 0 aromatic carbocycles. The smallest absolute Gasteiger partial charge is 0.248 e. The van der Waals surface area contributed by atoms with E-state index >= 15 is 0 Å². The molecule has 0 unspecified atom stereocenters. The van der Waals surface area contributed by atoms with Gasteiger partial charge in [-0.3, -0.25) is 9.63 Å². The number of nitrogens with one attached hydrogen (secondary N) is 1. The molecule has 11 heavy (non-hydrogen) atoms. The summed E-state index contributed by atoms with van der Waals surface area (Å²) in [6.45, 7) is 0. The van der Waals surface area contributed by atoms with Gasteiger partial charge < -0.3 is 0 Å². The van der Waals surface area contributed by atoms with Crippen LogP contribution in [0.1, 0.15) is 4.88 Å². The Labute approximate surface area is 68.9 Å². The van der Waals surface area contributed by atoms with Crippen molar-refractivity contribution in [1.29, 1.82) is 0 Å². The van der Waals surface area contributed by atoms with Gasteiger partial charge in [0.15, 0.2) is 0 Å². The molecule has 0 radical (unpaired) electrons. The van der Waals surface area contributed by atoms with Crippen molar-refractivity contribution in [2.75, 3.05) is 7.11 Å². The fourth-order valence-electron chi connectivity index (χ4n) is 0.721. The normalized spacial score (nSPS) is 9.55. The van der Waals surface area contributed by atoms with Crippen LogP contribution in [0.25, 0.3) is 0 Å². The molecule has 1 rings (SSSR count). The molecular weight excluding hydrogens is 162 g/mol. The summed E-state index contributed by atoms with van der Waals surface area (Å²) in [6.07, 6.45) is 0.394. The molecule has 1 aromatic rings. The Morgan fingerprint density at radius 1 is 1.82 bits per heavy atom. The minimum atomic E-state index is -0.116. The van der Waals surface area contributed by atoms with Crippen molar-refractivity contribution in [3.8, 4) is 0 Å². The molecule has 1 aromatic heterocycles. The summed E-state index contributed by atoms with van der Waals surface area (Å²) >= 11 is 1.56. The highest BCUT2D eigenvalue weighted by Gasteiger charge is 2.01. The average Bonchev–Trinajstić information content (AvgIpc) is 2.40. The highest BCUT2D eigenvalue weighted by Crippen LogP contribution is 2.08. The van der Waals surface area contributed by atoms with E-state index in [2.05, 4.69) is 10.3 Å². The maximum atomic E-state index is 10.9. The van der Waals surface area contributed by atoms with Crippen LogP contribution in [0.3, 0.4) is 0 Å². The molecule has 0 aliphatic rings. The second kappa shape index (κ2) is 4.10. The minimum absolute atomic E-state index is 0.116. The lowest BCUT2D eigenvalue weighted by Crippen LogP contribution is -2.23. The van der Waals surface area contributed by atoms with E-state index in [1.807, 2.05) is 17.5 Å². The number of hydroxylamine groups is 1. The number of carbonyl (C=O) groups excluding carboxylic acids is 1. The van der Waals surface area contributed by atoms with Gasteiger partial charge in [0.2, 0.25) is 5.91 Å². The van der Waals surface area contributed by atoms with Crippen LogP contribution in [-0.2, 0) is 16.1 Å². The molecule has 1 amide bonds. The number of thiophene rings is 1. The third-order valence-corrected chi connectivity index (χ3v) is 2.01. The van der Waals surface area contributed by atoms with E-state index in [1.54, 1.807) is 11.3 Å². The van der Waals surface area contributed by atoms with Crippen molar-refractivity contribution in [1.82, 2.24) is 5.48 Å². The molecular formula is C7H9NO2S. The molecule has 0 saturated heterocycles. The van der Waals surface area contributed by atoms with Crippen LogP contribution in [-0.4, -0.2) is 13.0 Å². The van der Waals surface area contributed by atoms with Gasteiger partial charge in [-0.1, -0.05) is 6.07 Å². The number of amides is 1. The molecule has 0 fully saturated rings. The second-order valence-corrected chi connectivity index (χ2v) is 3.02. The standard InChI is InChI=1S/C7H9NO2S/c1-10-8-7(9)5-6-3-2-4-11-6/h2-4H,5H2,1H3,(H,8,9). The fourth-order valence-corrected chi connectivity index (χ4v) is 1.42. The van der Waals surface area contributed by atoms with Gasteiger partial charge in [-0.25, -0.2) is 5.48 Å². The number of hydrogen-bond acceptors (Lipinski definition) is 3. The molecule has 0 aliphatic carbocycles. The number of hydrogen-bond donors (Lipinski definition) is 1. The van der Waals surface area contributed by atoms with Crippen molar-refractivity contribution < 1.29 is 9.63 Å². The third kappa shape index (κ3) is 2.69. The van der Waals surface area contributed by atoms with Gasteiger partial charge in [-0.05, 0) is 11.4 Å². The van der Waals surface area contributed by atoms with Crippen LogP contribution in [0.5, 0.6) is 0 Å². The zero-order chi connectivity index (χ0) is 8.10. The van der Waals surface area contributed by atoms with Crippen LogP contribution in [0.4, 0.5) is 0 Å². The number of carbonyl (C=O) groups is 1. The lowest BCUT2D eigenvalue weighted by Gasteiger charge is -1.98. The van der Waals surface area contributed by atoms with E-state index in [9.17, 15) is 4.79 Å². The topological polar surface area (TPSA) is 38.3 Å². The van der Waals surface area contributed by atoms with Crippen LogP contribution in [0.2, 0.25) is 0 Å². The first-order valence-corrected chi connectivity index (χ1v) is 4.05. The lowest BCUT2D eigenvalue weighted by atomic mass is 10.3. The summed E-state index contributed by atoms with van der Waals surface area (Å²) in [5.74, 6) is -0.116. The quantitative estimate of drug-likeness (QED) is 0.688. The largest absolute Gasteiger partial charge is 0.277 e. The molecule has 0 aliphatic heterocycles. The van der Waals surface area contributed by atoms with Gasteiger partial charge >= 0.3 is 0 Å². The fraction of sp³-hybridized carbons (Fsp3) is 0.286. The first-order chi connectivity index (χ1) is 5.33. The molecule has 60 valence electrons. The van der Waals surface area contributed by atoms with Crippen molar-refractivity contribution in [2.45, 2.75) is 6.42 Å². The maximum absolute atomic E-state index is 10.9. The van der Waals surface area contributed by atoms with E-state index in [0.29, 0.717) is 6.42 Å². The molecule has 0 spiro atoms. The van der Waals surface area contributed by atoms with Gasteiger partial charge in [0.25, 0.3) is 0 Å². The highest BCUT2D eigenvalue weighted by atomic mass is 32.1. The van der Waals surface area contributed by atoms with Crippen LogP contribution < -0.4 is 5.48 Å². The van der Waals surface area contributed by atoms with Crippen molar-refractivity contribution in [2.24, 2.45) is 0 Å². The summed E-state index contributed by atoms with van der Waals surface area (Å²) in [5, 5.41) is 1.94. The Hall–Kier alpha value is -0.870. The van der Waals surface area contributed by atoms with E-state index < -0.39 is 0 Å². The zero-order valence-corrected chi connectivity index (χ0v) is 6.98. The molecule has 0 atom stereocenters. The summed E-state index contributed by atoms with van der Waals surface area (Å²) < 4.78 is 0. The molecule has 1 N–H and O–H groups in total. The molecule has 1 heterocycles. The van der Waals surface area contributed by atoms with Gasteiger partial charge in [0, 0.05) is 4.88 Å². The Balaban J connectivity index is 2.37. The lowest BCUT2D eigenvalue weighted by molar-refractivity contribution is -0.130. The minimum Gasteiger partial charge on any atom is -0.277 e. The van der Waals surface area contributed by atoms with Gasteiger partial charge in [0.1, 0.15) is 0 Å². The Morgan fingerprint density at radius 3 is 3.18 bits per heavy atom.